The lowest BCUT2D eigenvalue weighted by molar-refractivity contribution is -0.157. The Kier molecular flexibility index (Phi) is 10.5. The summed E-state index contributed by atoms with van der Waals surface area (Å²) in [5, 5.41) is 17.5. The topological polar surface area (TPSA) is 114 Å². The molecule has 0 aromatic heterocycles. The summed E-state index contributed by atoms with van der Waals surface area (Å²) in [6, 6.07) is 37.4. The molecule has 4 aromatic rings. The van der Waals surface area contributed by atoms with Crippen LogP contribution in [-0.4, -0.2) is 55.8 Å². The number of nitrogens with zero attached hydrogens (tertiary/aromatic N) is 3. The average Bonchev–Trinajstić information content (AvgIpc) is 3.06. The van der Waals surface area contributed by atoms with Crippen LogP contribution in [0, 0.1) is 0 Å². The highest BCUT2D eigenvalue weighted by atomic mass is 32.2. The molecule has 1 N–H and O–H groups in total. The summed E-state index contributed by atoms with van der Waals surface area (Å²) in [4.78, 5) is 17.2. The lowest BCUT2D eigenvalue weighted by Crippen LogP contribution is -2.68. The summed E-state index contributed by atoms with van der Waals surface area (Å²) >= 11 is 1.31. The maximum absolute atomic E-state index is 13.3. The van der Waals surface area contributed by atoms with E-state index >= 15 is 0 Å². The number of aliphatic hydroxyl groups is 1. The number of carbonyl (C=O) groups is 1. The van der Waals surface area contributed by atoms with Gasteiger partial charge in [0.15, 0.2) is 0 Å². The van der Waals surface area contributed by atoms with Gasteiger partial charge in [0.2, 0.25) is 0 Å². The second-order valence-electron chi connectivity index (χ2n) is 11.9. The average molecular weight is 640 g/mol. The molecule has 0 spiro atoms. The quantitative estimate of drug-likeness (QED) is 0.0712. The molecule has 0 aliphatic carbocycles. The summed E-state index contributed by atoms with van der Waals surface area (Å²) in [6.07, 6.45) is -3.31. The molecule has 1 heterocycles. The lowest BCUT2D eigenvalue weighted by Gasteiger charge is -2.46. The van der Waals surface area contributed by atoms with Crippen molar-refractivity contribution in [2.45, 2.75) is 60.5 Å². The summed E-state index contributed by atoms with van der Waals surface area (Å²) in [6.45, 7) is 6.56. The van der Waals surface area contributed by atoms with Crippen LogP contribution in [0.4, 0.5) is 0 Å². The van der Waals surface area contributed by atoms with Crippen LogP contribution in [0.25, 0.3) is 10.4 Å². The van der Waals surface area contributed by atoms with Crippen molar-refractivity contribution in [3.8, 4) is 0 Å². The summed E-state index contributed by atoms with van der Waals surface area (Å²) < 4.78 is 19.6. The van der Waals surface area contributed by atoms with Crippen LogP contribution < -0.4 is 10.4 Å². The van der Waals surface area contributed by atoms with Gasteiger partial charge in [0.25, 0.3) is 8.32 Å². The molecule has 0 bridgehead atoms. The Labute approximate surface area is 269 Å². The Bertz CT molecular complexity index is 1550. The third-order valence-corrected chi connectivity index (χ3v) is 14.1. The van der Waals surface area contributed by atoms with Gasteiger partial charge in [-0.05, 0) is 45.2 Å². The van der Waals surface area contributed by atoms with E-state index < -0.39 is 44.1 Å². The van der Waals surface area contributed by atoms with Gasteiger partial charge in [-0.2, -0.15) is 0 Å². The highest BCUT2D eigenvalue weighted by Gasteiger charge is 2.53. The van der Waals surface area contributed by atoms with E-state index in [-0.39, 0.29) is 11.6 Å². The second-order valence-corrected chi connectivity index (χ2v) is 17.3. The first-order chi connectivity index (χ1) is 21.7. The van der Waals surface area contributed by atoms with Crippen LogP contribution in [0.15, 0.2) is 131 Å². The van der Waals surface area contributed by atoms with Gasteiger partial charge in [-0.1, -0.05) is 135 Å². The minimum atomic E-state index is -3.00. The minimum Gasteiger partial charge on any atom is -0.455 e. The molecule has 0 unspecified atom stereocenters. The van der Waals surface area contributed by atoms with Crippen molar-refractivity contribution in [3.05, 3.63) is 137 Å². The lowest BCUT2D eigenvalue weighted by atomic mass is 9.97. The van der Waals surface area contributed by atoms with Crippen molar-refractivity contribution in [2.24, 2.45) is 5.11 Å². The number of hydrogen-bond acceptors (Lipinski definition) is 7. The van der Waals surface area contributed by atoms with Gasteiger partial charge in [-0.25, -0.2) is 4.79 Å². The fraction of sp³-hybridized carbons (Fsp3) is 0.286. The Hall–Kier alpha value is -3.89. The highest BCUT2D eigenvalue weighted by molar-refractivity contribution is 7.99. The van der Waals surface area contributed by atoms with Crippen LogP contribution in [-0.2, 0) is 13.9 Å². The van der Waals surface area contributed by atoms with Crippen LogP contribution in [0.3, 0.4) is 0 Å². The number of ether oxygens (including phenoxy) is 2. The predicted molar refractivity (Wildman–Crippen MR) is 179 cm³/mol. The number of esters is 1. The van der Waals surface area contributed by atoms with Gasteiger partial charge in [0.05, 0.1) is 18.3 Å². The van der Waals surface area contributed by atoms with E-state index in [1.807, 2.05) is 66.7 Å². The molecule has 1 fully saturated rings. The molecule has 4 aromatic carbocycles. The summed E-state index contributed by atoms with van der Waals surface area (Å²) in [5.41, 5.74) is 9.14. The number of benzene rings is 4. The SMILES string of the molecule is CC(C)(C)[Si](OC[C@H]1O[C@@H](Sc2ccccc2)[C@H](O)[C@@H](OC(=O)c2ccccc2)[C@H]1N=[N+]=[N-])(c1ccccc1)c1ccccc1. The first kappa shape index (κ1) is 32.5. The van der Waals surface area contributed by atoms with E-state index in [0.717, 1.165) is 15.3 Å². The van der Waals surface area contributed by atoms with Crippen molar-refractivity contribution >= 4 is 36.4 Å². The monoisotopic (exact) mass is 639 g/mol. The van der Waals surface area contributed by atoms with Crippen molar-refractivity contribution in [1.29, 1.82) is 0 Å². The molecule has 0 amide bonds. The summed E-state index contributed by atoms with van der Waals surface area (Å²) in [7, 11) is -3.00. The Balaban J connectivity index is 1.54. The van der Waals surface area contributed by atoms with E-state index in [4.69, 9.17) is 13.9 Å². The first-order valence-electron chi connectivity index (χ1n) is 14.8. The first-order valence-corrected chi connectivity index (χ1v) is 17.6. The molecule has 8 nitrogen and oxygen atoms in total. The van der Waals surface area contributed by atoms with E-state index in [1.165, 1.54) is 11.8 Å². The Morgan fingerprint density at radius 1 is 0.889 bits per heavy atom. The van der Waals surface area contributed by atoms with Gasteiger partial charge in [0.1, 0.15) is 23.7 Å². The van der Waals surface area contributed by atoms with Crippen molar-refractivity contribution in [1.82, 2.24) is 0 Å². The van der Waals surface area contributed by atoms with Crippen LogP contribution in [0.1, 0.15) is 31.1 Å². The fourth-order valence-corrected chi connectivity index (χ4v) is 11.5. The molecule has 0 radical (unpaired) electrons. The predicted octanol–water partition coefficient (Wildman–Crippen LogP) is 6.35. The highest BCUT2D eigenvalue weighted by Crippen LogP contribution is 2.39. The zero-order valence-electron chi connectivity index (χ0n) is 25.5. The van der Waals surface area contributed by atoms with Crippen LogP contribution >= 0.6 is 11.8 Å². The molecule has 0 saturated carbocycles. The van der Waals surface area contributed by atoms with E-state index in [2.05, 4.69) is 55.1 Å². The maximum atomic E-state index is 13.3. The van der Waals surface area contributed by atoms with Crippen LogP contribution in [0.5, 0.6) is 0 Å². The van der Waals surface area contributed by atoms with E-state index in [0.29, 0.717) is 5.56 Å². The van der Waals surface area contributed by atoms with E-state index in [9.17, 15) is 15.4 Å². The van der Waals surface area contributed by atoms with Crippen molar-refractivity contribution < 1.29 is 23.8 Å². The molecule has 232 valence electrons. The molecule has 1 aliphatic heterocycles. The molecule has 5 atom stereocenters. The van der Waals surface area contributed by atoms with Crippen molar-refractivity contribution in [3.63, 3.8) is 0 Å². The maximum Gasteiger partial charge on any atom is 0.338 e. The molecule has 1 aliphatic rings. The summed E-state index contributed by atoms with van der Waals surface area (Å²) in [5.74, 6) is -0.630. The Morgan fingerprint density at radius 2 is 1.40 bits per heavy atom. The molecule has 1 saturated heterocycles. The number of carbonyl (C=O) groups excluding carboxylic acids is 1. The van der Waals surface area contributed by atoms with Gasteiger partial charge in [0, 0.05) is 9.81 Å². The van der Waals surface area contributed by atoms with Gasteiger partial charge >= 0.3 is 5.97 Å². The minimum absolute atomic E-state index is 0.0366. The largest absolute Gasteiger partial charge is 0.455 e. The normalized spacial score (nSPS) is 21.8. The Morgan fingerprint density at radius 3 is 1.91 bits per heavy atom. The van der Waals surface area contributed by atoms with Gasteiger partial charge in [-0.15, -0.1) is 0 Å². The molecule has 5 rings (SSSR count). The van der Waals surface area contributed by atoms with Crippen molar-refractivity contribution in [2.75, 3.05) is 6.61 Å². The third-order valence-electron chi connectivity index (χ3n) is 7.96. The molecular formula is C35H37N3O5SSi. The smallest absolute Gasteiger partial charge is 0.338 e. The number of rotatable bonds is 10. The third kappa shape index (κ3) is 7.17. The second kappa shape index (κ2) is 14.5. The molecule has 45 heavy (non-hydrogen) atoms. The number of aliphatic hydroxyl groups excluding tert-OH is 1. The zero-order chi connectivity index (χ0) is 31.9. The van der Waals surface area contributed by atoms with E-state index in [1.54, 1.807) is 30.3 Å². The molecular weight excluding hydrogens is 603 g/mol. The number of thioether (sulfide) groups is 1. The number of azide groups is 1. The van der Waals surface area contributed by atoms with Gasteiger partial charge < -0.3 is 19.0 Å². The standard InChI is InChI=1S/C35H37N3O5SSi/c1-35(2,3)45(27-20-12-6-13-21-27,28-22-14-7-15-23-28)41-24-29-30(37-38-36)32(43-33(40)25-16-8-4-9-17-25)31(39)34(42-29)44-26-18-10-5-11-19-26/h4-23,29-32,34,39H,24H2,1-3H3/t29-,30+,31-,32+,34+/m1/s1. The fourth-order valence-electron chi connectivity index (χ4n) is 5.84. The van der Waals surface area contributed by atoms with Gasteiger partial charge in [-0.3, -0.25) is 0 Å². The van der Waals surface area contributed by atoms with Crippen LogP contribution in [0.2, 0.25) is 5.04 Å². The zero-order valence-corrected chi connectivity index (χ0v) is 27.3. The molecule has 10 heteroatoms. The number of hydrogen-bond donors (Lipinski definition) is 1.